The molecule has 2 amide bonds. The second kappa shape index (κ2) is 7.31. The minimum atomic E-state index is -0.188. The van der Waals surface area contributed by atoms with Gasteiger partial charge in [-0.3, -0.25) is 4.98 Å². The largest absolute Gasteiger partial charge is 0.504 e. The molecule has 1 aromatic carbocycles. The molecule has 0 saturated heterocycles. The van der Waals surface area contributed by atoms with Crippen LogP contribution in [0.5, 0.6) is 11.5 Å². The number of carbonyl (C=O) groups excluding carboxylic acids is 1. The molecule has 2 aromatic rings. The molecule has 0 aliphatic rings. The number of aromatic nitrogens is 1. The van der Waals surface area contributed by atoms with Gasteiger partial charge in [-0.2, -0.15) is 0 Å². The van der Waals surface area contributed by atoms with Crippen LogP contribution in [0.4, 0.5) is 4.79 Å². The first kappa shape index (κ1) is 15.6. The molecule has 6 heteroatoms. The maximum atomic E-state index is 12.0. The molecule has 0 bridgehead atoms. The van der Waals surface area contributed by atoms with Gasteiger partial charge in [-0.15, -0.1) is 0 Å². The van der Waals surface area contributed by atoms with Crippen molar-refractivity contribution in [1.82, 2.24) is 15.2 Å². The van der Waals surface area contributed by atoms with Crippen LogP contribution in [0.15, 0.2) is 42.7 Å². The summed E-state index contributed by atoms with van der Waals surface area (Å²) >= 11 is 0. The van der Waals surface area contributed by atoms with Gasteiger partial charge in [0.1, 0.15) is 0 Å². The van der Waals surface area contributed by atoms with Crippen LogP contribution in [0.1, 0.15) is 11.1 Å². The normalized spacial score (nSPS) is 10.1. The van der Waals surface area contributed by atoms with E-state index in [1.165, 1.54) is 7.11 Å². The third-order valence-electron chi connectivity index (χ3n) is 3.20. The van der Waals surface area contributed by atoms with Crippen molar-refractivity contribution >= 4 is 6.03 Å². The molecule has 0 unspecified atom stereocenters. The molecule has 6 nitrogen and oxygen atoms in total. The molecular weight excluding hydrogens is 282 g/mol. The first-order valence-corrected chi connectivity index (χ1v) is 6.84. The highest BCUT2D eigenvalue weighted by Crippen LogP contribution is 2.26. The van der Waals surface area contributed by atoms with Crippen molar-refractivity contribution in [2.24, 2.45) is 0 Å². The molecule has 0 radical (unpaired) electrons. The van der Waals surface area contributed by atoms with E-state index in [9.17, 15) is 9.90 Å². The average molecular weight is 301 g/mol. The topological polar surface area (TPSA) is 74.7 Å². The van der Waals surface area contributed by atoms with Crippen molar-refractivity contribution in [1.29, 1.82) is 0 Å². The summed E-state index contributed by atoms with van der Waals surface area (Å²) in [4.78, 5) is 17.5. The molecule has 116 valence electrons. The summed E-state index contributed by atoms with van der Waals surface area (Å²) in [5.74, 6) is 0.471. The quantitative estimate of drug-likeness (QED) is 0.887. The Morgan fingerprint density at radius 2 is 2.00 bits per heavy atom. The number of methoxy groups -OCH3 is 1. The van der Waals surface area contributed by atoms with E-state index in [1.807, 2.05) is 18.2 Å². The summed E-state index contributed by atoms with van der Waals surface area (Å²) in [7, 11) is 3.19. The minimum Gasteiger partial charge on any atom is -0.504 e. The number of rotatable bonds is 5. The summed E-state index contributed by atoms with van der Waals surface area (Å²) < 4.78 is 4.99. The Morgan fingerprint density at radius 3 is 2.64 bits per heavy atom. The lowest BCUT2D eigenvalue weighted by molar-refractivity contribution is 0.206. The number of nitrogens with zero attached hydrogens (tertiary/aromatic N) is 2. The van der Waals surface area contributed by atoms with E-state index in [0.717, 1.165) is 11.1 Å². The van der Waals surface area contributed by atoms with Crippen LogP contribution in [-0.4, -0.2) is 35.2 Å². The summed E-state index contributed by atoms with van der Waals surface area (Å²) in [5, 5.41) is 12.6. The van der Waals surface area contributed by atoms with Crippen LogP contribution < -0.4 is 10.1 Å². The number of nitrogens with one attached hydrogen (secondary N) is 1. The molecule has 2 rings (SSSR count). The van der Waals surface area contributed by atoms with E-state index in [1.54, 1.807) is 36.5 Å². The summed E-state index contributed by atoms with van der Waals surface area (Å²) in [6, 6.07) is 8.58. The molecule has 0 fully saturated rings. The molecule has 22 heavy (non-hydrogen) atoms. The highest BCUT2D eigenvalue weighted by atomic mass is 16.5. The number of pyridine rings is 1. The minimum absolute atomic E-state index is 0.0607. The van der Waals surface area contributed by atoms with Gasteiger partial charge in [0.05, 0.1) is 7.11 Å². The zero-order chi connectivity index (χ0) is 15.9. The van der Waals surface area contributed by atoms with E-state index in [-0.39, 0.29) is 11.8 Å². The predicted octanol–water partition coefficient (Wildman–Crippen LogP) is 2.14. The SMILES string of the molecule is COc1ccc(CN(C)C(=O)NCc2ccncc2)cc1O. The summed E-state index contributed by atoms with van der Waals surface area (Å²) in [6.07, 6.45) is 3.37. The standard InChI is InChI=1S/C16H19N3O3/c1-19(11-13-3-4-15(22-2)14(20)9-13)16(21)18-10-12-5-7-17-8-6-12/h3-9,20H,10-11H2,1-2H3,(H,18,21). The number of urea groups is 1. The number of hydrogen-bond acceptors (Lipinski definition) is 4. The monoisotopic (exact) mass is 301 g/mol. The first-order valence-electron chi connectivity index (χ1n) is 6.84. The fourth-order valence-electron chi connectivity index (χ4n) is 1.99. The van der Waals surface area contributed by atoms with Crippen molar-refractivity contribution in [2.45, 2.75) is 13.1 Å². The van der Waals surface area contributed by atoms with Crippen LogP contribution in [0.25, 0.3) is 0 Å². The van der Waals surface area contributed by atoms with Gasteiger partial charge >= 0.3 is 6.03 Å². The number of ether oxygens (including phenoxy) is 1. The van der Waals surface area contributed by atoms with Gasteiger partial charge < -0.3 is 20.1 Å². The smallest absolute Gasteiger partial charge is 0.317 e. The van der Waals surface area contributed by atoms with Crippen molar-refractivity contribution in [3.63, 3.8) is 0 Å². The third-order valence-corrected chi connectivity index (χ3v) is 3.20. The van der Waals surface area contributed by atoms with Gasteiger partial charge in [-0.25, -0.2) is 4.79 Å². The number of phenols is 1. The van der Waals surface area contributed by atoms with Gasteiger partial charge in [-0.05, 0) is 35.4 Å². The van der Waals surface area contributed by atoms with Crippen LogP contribution in [0.3, 0.4) is 0 Å². The van der Waals surface area contributed by atoms with Gasteiger partial charge in [0.2, 0.25) is 0 Å². The van der Waals surface area contributed by atoms with Gasteiger partial charge in [-0.1, -0.05) is 6.07 Å². The zero-order valence-electron chi connectivity index (χ0n) is 12.6. The van der Waals surface area contributed by atoms with Crippen molar-refractivity contribution in [2.75, 3.05) is 14.2 Å². The number of hydrogen-bond donors (Lipinski definition) is 2. The van der Waals surface area contributed by atoms with Gasteiger partial charge in [0.25, 0.3) is 0 Å². The summed E-state index contributed by atoms with van der Waals surface area (Å²) in [5.41, 5.74) is 1.80. The molecule has 1 heterocycles. The van der Waals surface area contributed by atoms with Crippen molar-refractivity contribution in [3.05, 3.63) is 53.9 Å². The number of amides is 2. The Hall–Kier alpha value is -2.76. The molecular formula is C16H19N3O3. The fourth-order valence-corrected chi connectivity index (χ4v) is 1.99. The van der Waals surface area contributed by atoms with Crippen LogP contribution in [0.2, 0.25) is 0 Å². The van der Waals surface area contributed by atoms with Gasteiger partial charge in [0, 0.05) is 32.5 Å². The fraction of sp³-hybridized carbons (Fsp3) is 0.250. The zero-order valence-corrected chi connectivity index (χ0v) is 12.6. The molecule has 0 saturated carbocycles. The highest BCUT2D eigenvalue weighted by Gasteiger charge is 2.10. The lowest BCUT2D eigenvalue weighted by Gasteiger charge is -2.18. The Morgan fingerprint density at radius 1 is 1.27 bits per heavy atom. The molecule has 2 N–H and O–H groups in total. The molecule has 0 aliphatic carbocycles. The Balaban J connectivity index is 1.89. The average Bonchev–Trinajstić information content (AvgIpc) is 2.53. The molecule has 1 aromatic heterocycles. The number of aromatic hydroxyl groups is 1. The lowest BCUT2D eigenvalue weighted by atomic mass is 10.2. The maximum Gasteiger partial charge on any atom is 0.317 e. The number of carbonyl (C=O) groups is 1. The summed E-state index contributed by atoms with van der Waals surface area (Å²) in [6.45, 7) is 0.833. The molecule has 0 spiro atoms. The van der Waals surface area contributed by atoms with Crippen LogP contribution in [-0.2, 0) is 13.1 Å². The van der Waals surface area contributed by atoms with E-state index in [2.05, 4.69) is 10.3 Å². The number of benzene rings is 1. The Kier molecular flexibility index (Phi) is 5.19. The van der Waals surface area contributed by atoms with E-state index in [0.29, 0.717) is 18.8 Å². The number of phenolic OH excluding ortho intramolecular Hbond substituents is 1. The van der Waals surface area contributed by atoms with E-state index < -0.39 is 0 Å². The predicted molar refractivity (Wildman–Crippen MR) is 82.6 cm³/mol. The molecule has 0 aliphatic heterocycles. The lowest BCUT2D eigenvalue weighted by Crippen LogP contribution is -2.36. The first-order chi connectivity index (χ1) is 10.6. The van der Waals surface area contributed by atoms with Crippen LogP contribution in [0, 0.1) is 0 Å². The van der Waals surface area contributed by atoms with Crippen molar-refractivity contribution < 1.29 is 14.6 Å². The third kappa shape index (κ3) is 4.12. The molecule has 0 atom stereocenters. The second-order valence-corrected chi connectivity index (χ2v) is 4.88. The van der Waals surface area contributed by atoms with Crippen LogP contribution >= 0.6 is 0 Å². The highest BCUT2D eigenvalue weighted by molar-refractivity contribution is 5.73. The Labute approximate surface area is 129 Å². The van der Waals surface area contributed by atoms with E-state index in [4.69, 9.17) is 4.74 Å². The maximum absolute atomic E-state index is 12.0. The van der Waals surface area contributed by atoms with Crippen molar-refractivity contribution in [3.8, 4) is 11.5 Å². The second-order valence-electron chi connectivity index (χ2n) is 4.88. The Bertz CT molecular complexity index is 632. The van der Waals surface area contributed by atoms with Gasteiger partial charge in [0.15, 0.2) is 11.5 Å². The van der Waals surface area contributed by atoms with E-state index >= 15 is 0 Å².